The van der Waals surface area contributed by atoms with Gasteiger partial charge in [-0.15, -0.1) is 0 Å². The molecule has 6 heteroatoms. The lowest BCUT2D eigenvalue weighted by atomic mass is 10.6. The van der Waals surface area contributed by atoms with Crippen LogP contribution in [0.2, 0.25) is 0 Å². The molecule has 0 fully saturated rings. The predicted molar refractivity (Wildman–Crippen MR) is 52.1 cm³/mol. The summed E-state index contributed by atoms with van der Waals surface area (Å²) in [4.78, 5) is 4.02. The average Bonchev–Trinajstić information content (AvgIpc) is 2.49. The largest absolute Gasteiger partial charge is 0.363 e. The van der Waals surface area contributed by atoms with Gasteiger partial charge in [0, 0.05) is 6.54 Å². The summed E-state index contributed by atoms with van der Waals surface area (Å²) in [7, 11) is 0. The van der Waals surface area contributed by atoms with Crippen LogP contribution < -0.4 is 10.6 Å². The number of nitrogens with zero attached hydrogens (tertiary/aromatic N) is 2. The van der Waals surface area contributed by atoms with E-state index in [1.54, 1.807) is 6.92 Å². The zero-order valence-corrected chi connectivity index (χ0v) is 8.44. The van der Waals surface area contributed by atoms with E-state index in [-0.39, 0.29) is 0 Å². The molecule has 0 unspecified atom stereocenters. The minimum atomic E-state index is 0.465. The van der Waals surface area contributed by atoms with Crippen LogP contribution in [0.5, 0.6) is 0 Å². The molecule has 0 amide bonds. The molecule has 0 spiro atoms. The van der Waals surface area contributed by atoms with E-state index >= 15 is 0 Å². The van der Waals surface area contributed by atoms with E-state index in [1.807, 2.05) is 6.92 Å². The first-order valence-electron chi connectivity index (χ1n) is 4.03. The molecule has 1 heterocycles. The van der Waals surface area contributed by atoms with Gasteiger partial charge in [-0.2, -0.15) is 4.98 Å². The van der Waals surface area contributed by atoms with Crippen molar-refractivity contribution in [1.29, 1.82) is 0 Å². The van der Waals surface area contributed by atoms with Crippen molar-refractivity contribution in [2.24, 2.45) is 0 Å². The van der Waals surface area contributed by atoms with Crippen LogP contribution in [0.3, 0.4) is 0 Å². The van der Waals surface area contributed by atoms with Crippen molar-refractivity contribution >= 4 is 17.3 Å². The molecule has 0 radical (unpaired) electrons. The van der Waals surface area contributed by atoms with Crippen LogP contribution in [0.25, 0.3) is 0 Å². The molecule has 1 aromatic heterocycles. The van der Waals surface area contributed by atoms with Gasteiger partial charge in [-0.25, -0.2) is 0 Å². The second kappa shape index (κ2) is 4.76. The van der Waals surface area contributed by atoms with Crippen LogP contribution in [0, 0.1) is 6.92 Å². The van der Waals surface area contributed by atoms with Crippen LogP contribution >= 0.6 is 12.2 Å². The van der Waals surface area contributed by atoms with Gasteiger partial charge in [-0.3, -0.25) is 0 Å². The highest BCUT2D eigenvalue weighted by Gasteiger charge is 2.01. The van der Waals surface area contributed by atoms with Gasteiger partial charge in [0.2, 0.25) is 5.89 Å². The van der Waals surface area contributed by atoms with E-state index < -0.39 is 0 Å². The second-order valence-electron chi connectivity index (χ2n) is 2.45. The maximum Gasteiger partial charge on any atom is 0.246 e. The van der Waals surface area contributed by atoms with Crippen molar-refractivity contribution in [3.63, 3.8) is 0 Å². The minimum Gasteiger partial charge on any atom is -0.363 e. The predicted octanol–water partition coefficient (Wildman–Crippen LogP) is 0.362. The Morgan fingerprint density at radius 3 is 2.85 bits per heavy atom. The molecule has 0 bridgehead atoms. The monoisotopic (exact) mass is 200 g/mol. The lowest BCUT2D eigenvalue weighted by Gasteiger charge is -2.05. The number of hydrogen-bond donors (Lipinski definition) is 2. The van der Waals surface area contributed by atoms with E-state index in [0.29, 0.717) is 23.4 Å². The molecule has 0 aliphatic heterocycles. The lowest BCUT2D eigenvalue weighted by Crippen LogP contribution is -2.34. The van der Waals surface area contributed by atoms with E-state index in [4.69, 9.17) is 16.7 Å². The first-order chi connectivity index (χ1) is 6.22. The number of nitrogens with one attached hydrogen (secondary N) is 2. The summed E-state index contributed by atoms with van der Waals surface area (Å²) >= 11 is 4.95. The zero-order chi connectivity index (χ0) is 9.68. The molecular weight excluding hydrogens is 188 g/mol. The average molecular weight is 200 g/mol. The smallest absolute Gasteiger partial charge is 0.246 e. The molecule has 0 atom stereocenters. The molecule has 5 nitrogen and oxygen atoms in total. The van der Waals surface area contributed by atoms with Gasteiger partial charge in [0.1, 0.15) is 0 Å². The highest BCUT2D eigenvalue weighted by molar-refractivity contribution is 7.80. The summed E-state index contributed by atoms with van der Waals surface area (Å²) in [5, 5.41) is 10.1. The Morgan fingerprint density at radius 2 is 2.31 bits per heavy atom. The number of thiocarbonyl (C=S) groups is 1. The van der Waals surface area contributed by atoms with Crippen LogP contribution in [-0.2, 0) is 6.54 Å². The van der Waals surface area contributed by atoms with Gasteiger partial charge in [-0.1, -0.05) is 5.16 Å². The number of rotatable bonds is 3. The first-order valence-corrected chi connectivity index (χ1v) is 4.44. The van der Waals surface area contributed by atoms with Crippen molar-refractivity contribution in [2.75, 3.05) is 6.54 Å². The molecule has 0 aliphatic carbocycles. The fraction of sp³-hybridized carbons (Fsp3) is 0.571. The Balaban J connectivity index is 2.30. The summed E-state index contributed by atoms with van der Waals surface area (Å²) in [5.41, 5.74) is 0. The summed E-state index contributed by atoms with van der Waals surface area (Å²) in [6.45, 7) is 5.02. The van der Waals surface area contributed by atoms with E-state index in [2.05, 4.69) is 20.8 Å². The van der Waals surface area contributed by atoms with Gasteiger partial charge < -0.3 is 15.2 Å². The molecule has 2 N–H and O–H groups in total. The van der Waals surface area contributed by atoms with Crippen molar-refractivity contribution < 1.29 is 4.52 Å². The van der Waals surface area contributed by atoms with Crippen LogP contribution in [0.1, 0.15) is 18.6 Å². The van der Waals surface area contributed by atoms with Crippen LogP contribution in [-0.4, -0.2) is 21.8 Å². The van der Waals surface area contributed by atoms with E-state index in [9.17, 15) is 0 Å². The Labute approximate surface area is 81.9 Å². The SMILES string of the molecule is CCNC(=S)NCc1nc(C)no1. The minimum absolute atomic E-state index is 0.465. The standard InChI is InChI=1S/C7H12N4OS/c1-3-8-7(13)9-4-6-10-5(2)11-12-6/h3-4H2,1-2H3,(H2,8,9,13). The Kier molecular flexibility index (Phi) is 3.63. The van der Waals surface area contributed by atoms with Crippen LogP contribution in [0.4, 0.5) is 0 Å². The zero-order valence-electron chi connectivity index (χ0n) is 7.63. The lowest BCUT2D eigenvalue weighted by molar-refractivity contribution is 0.371. The Bertz CT molecular complexity index is 286. The summed E-state index contributed by atoms with van der Waals surface area (Å²) in [5.74, 6) is 1.17. The molecule has 0 saturated carbocycles. The van der Waals surface area contributed by atoms with E-state index in [1.165, 1.54) is 0 Å². The van der Waals surface area contributed by atoms with Crippen molar-refractivity contribution in [2.45, 2.75) is 20.4 Å². The molecule has 1 rings (SSSR count). The fourth-order valence-corrected chi connectivity index (χ4v) is 1.01. The van der Waals surface area contributed by atoms with E-state index in [0.717, 1.165) is 6.54 Å². The fourth-order valence-electron chi connectivity index (χ4n) is 0.791. The van der Waals surface area contributed by atoms with Crippen molar-refractivity contribution in [3.05, 3.63) is 11.7 Å². The number of aryl methyl sites for hydroxylation is 1. The van der Waals surface area contributed by atoms with Crippen molar-refractivity contribution in [3.8, 4) is 0 Å². The quantitative estimate of drug-likeness (QED) is 0.687. The maximum atomic E-state index is 4.95. The molecule has 1 aromatic rings. The normalized spacial score (nSPS) is 9.69. The molecular formula is C7H12N4OS. The highest BCUT2D eigenvalue weighted by Crippen LogP contribution is 1.93. The van der Waals surface area contributed by atoms with Crippen LogP contribution in [0.15, 0.2) is 4.52 Å². The van der Waals surface area contributed by atoms with Crippen molar-refractivity contribution in [1.82, 2.24) is 20.8 Å². The third-order valence-electron chi connectivity index (χ3n) is 1.31. The first kappa shape index (κ1) is 9.91. The van der Waals surface area contributed by atoms with Gasteiger partial charge in [-0.05, 0) is 26.1 Å². The maximum absolute atomic E-state index is 4.95. The molecule has 0 saturated heterocycles. The molecule has 0 aliphatic rings. The van der Waals surface area contributed by atoms with Gasteiger partial charge in [0.15, 0.2) is 10.9 Å². The molecule has 72 valence electrons. The molecule has 13 heavy (non-hydrogen) atoms. The van der Waals surface area contributed by atoms with Gasteiger partial charge in [0.05, 0.1) is 6.54 Å². The second-order valence-corrected chi connectivity index (χ2v) is 2.86. The van der Waals surface area contributed by atoms with Gasteiger partial charge in [0.25, 0.3) is 0 Å². The Hall–Kier alpha value is -1.17. The topological polar surface area (TPSA) is 63.0 Å². The summed E-state index contributed by atoms with van der Waals surface area (Å²) in [6, 6.07) is 0. The van der Waals surface area contributed by atoms with Gasteiger partial charge >= 0.3 is 0 Å². The number of aromatic nitrogens is 2. The highest BCUT2D eigenvalue weighted by atomic mass is 32.1. The summed E-state index contributed by atoms with van der Waals surface area (Å²) in [6.07, 6.45) is 0. The Morgan fingerprint density at radius 1 is 1.54 bits per heavy atom. The number of hydrogen-bond acceptors (Lipinski definition) is 4. The molecule has 0 aromatic carbocycles. The third kappa shape index (κ3) is 3.37. The summed E-state index contributed by atoms with van der Waals surface area (Å²) < 4.78 is 4.88. The third-order valence-corrected chi connectivity index (χ3v) is 1.60.